The summed E-state index contributed by atoms with van der Waals surface area (Å²) in [5, 5.41) is 2.58. The fraction of sp³-hybridized carbons (Fsp3) is 0.211. The number of benzene rings is 2. The molecule has 0 spiro atoms. The molecule has 6 heteroatoms. The first-order valence-corrected chi connectivity index (χ1v) is 7.93. The maximum atomic E-state index is 13.3. The van der Waals surface area contributed by atoms with Crippen molar-refractivity contribution in [2.24, 2.45) is 5.92 Å². The van der Waals surface area contributed by atoms with Gasteiger partial charge in [0.15, 0.2) is 0 Å². The normalized spacial score (nSPS) is 14.6. The van der Waals surface area contributed by atoms with E-state index in [1.54, 1.807) is 44.2 Å². The van der Waals surface area contributed by atoms with Crippen molar-refractivity contribution >= 4 is 23.4 Å². The van der Waals surface area contributed by atoms with Crippen molar-refractivity contribution in [2.45, 2.75) is 19.9 Å². The van der Waals surface area contributed by atoms with Gasteiger partial charge in [-0.1, -0.05) is 32.0 Å². The van der Waals surface area contributed by atoms with Crippen LogP contribution in [0.25, 0.3) is 0 Å². The maximum Gasteiger partial charge on any atom is 0.262 e. The molecule has 0 bridgehead atoms. The number of anilines is 1. The number of nitrogens with zero attached hydrogens (tertiary/aromatic N) is 1. The number of imide groups is 1. The van der Waals surface area contributed by atoms with Crippen LogP contribution in [0.4, 0.5) is 10.1 Å². The summed E-state index contributed by atoms with van der Waals surface area (Å²) in [6.45, 7) is 3.50. The van der Waals surface area contributed by atoms with E-state index in [2.05, 4.69) is 5.32 Å². The molecule has 5 nitrogen and oxygen atoms in total. The van der Waals surface area contributed by atoms with E-state index in [1.165, 1.54) is 18.2 Å². The highest BCUT2D eigenvalue weighted by molar-refractivity contribution is 6.23. The van der Waals surface area contributed by atoms with Gasteiger partial charge in [-0.2, -0.15) is 0 Å². The zero-order valence-electron chi connectivity index (χ0n) is 13.8. The monoisotopic (exact) mass is 340 g/mol. The van der Waals surface area contributed by atoms with Crippen LogP contribution in [0.3, 0.4) is 0 Å². The van der Waals surface area contributed by atoms with Gasteiger partial charge in [-0.15, -0.1) is 0 Å². The highest BCUT2D eigenvalue weighted by Gasteiger charge is 2.43. The largest absolute Gasteiger partial charge is 0.324 e. The van der Waals surface area contributed by atoms with Crippen LogP contribution in [0.2, 0.25) is 0 Å². The molecule has 3 amide bonds. The van der Waals surface area contributed by atoms with Gasteiger partial charge in [-0.3, -0.25) is 19.3 Å². The zero-order chi connectivity index (χ0) is 18.1. The van der Waals surface area contributed by atoms with Crippen molar-refractivity contribution in [1.29, 1.82) is 0 Å². The van der Waals surface area contributed by atoms with Crippen molar-refractivity contribution in [3.63, 3.8) is 0 Å². The van der Waals surface area contributed by atoms with Gasteiger partial charge in [0.2, 0.25) is 5.91 Å². The molecule has 0 radical (unpaired) electrons. The second-order valence-electron chi connectivity index (χ2n) is 6.21. The molecule has 1 N–H and O–H groups in total. The highest BCUT2D eigenvalue weighted by atomic mass is 19.1. The molecule has 0 aromatic heterocycles. The predicted molar refractivity (Wildman–Crippen MR) is 90.6 cm³/mol. The molecule has 25 heavy (non-hydrogen) atoms. The van der Waals surface area contributed by atoms with Gasteiger partial charge in [-0.05, 0) is 36.2 Å². The Morgan fingerprint density at radius 1 is 1.00 bits per heavy atom. The Balaban J connectivity index is 1.91. The van der Waals surface area contributed by atoms with Crippen LogP contribution < -0.4 is 5.32 Å². The Kier molecular flexibility index (Phi) is 4.35. The van der Waals surface area contributed by atoms with Crippen molar-refractivity contribution < 1.29 is 18.8 Å². The number of halogens is 1. The van der Waals surface area contributed by atoms with Gasteiger partial charge >= 0.3 is 0 Å². The summed E-state index contributed by atoms with van der Waals surface area (Å²) in [4.78, 5) is 39.0. The molecule has 2 aromatic carbocycles. The van der Waals surface area contributed by atoms with Crippen LogP contribution in [0.5, 0.6) is 0 Å². The van der Waals surface area contributed by atoms with E-state index >= 15 is 0 Å². The second-order valence-corrected chi connectivity index (χ2v) is 6.21. The van der Waals surface area contributed by atoms with Crippen LogP contribution in [-0.2, 0) is 4.79 Å². The maximum absolute atomic E-state index is 13.3. The number of nitrogens with one attached hydrogen (secondary N) is 1. The fourth-order valence-electron chi connectivity index (χ4n) is 2.96. The lowest BCUT2D eigenvalue weighted by Gasteiger charge is -2.28. The van der Waals surface area contributed by atoms with Gasteiger partial charge in [0.1, 0.15) is 11.9 Å². The van der Waals surface area contributed by atoms with Crippen molar-refractivity contribution in [3.8, 4) is 0 Å². The Labute approximate surface area is 144 Å². The first-order valence-electron chi connectivity index (χ1n) is 7.93. The van der Waals surface area contributed by atoms with Crippen LogP contribution in [0.15, 0.2) is 48.5 Å². The summed E-state index contributed by atoms with van der Waals surface area (Å²) >= 11 is 0. The summed E-state index contributed by atoms with van der Waals surface area (Å²) in [6, 6.07) is 10.9. The fourth-order valence-corrected chi connectivity index (χ4v) is 2.96. The van der Waals surface area contributed by atoms with Gasteiger partial charge in [-0.25, -0.2) is 4.39 Å². The van der Waals surface area contributed by atoms with E-state index < -0.39 is 29.6 Å². The minimum atomic E-state index is -0.990. The minimum absolute atomic E-state index is 0.271. The standard InChI is InChI=1S/C19H17FN2O3/c1-11(2)16(17(23)21-13-7-5-6-12(20)10-13)22-18(24)14-8-3-4-9-15(14)19(22)25/h3-11,16H,1-2H3,(H,21,23). The molecule has 0 fully saturated rings. The van der Waals surface area contributed by atoms with Gasteiger partial charge in [0, 0.05) is 5.69 Å². The zero-order valence-corrected chi connectivity index (χ0v) is 13.8. The number of rotatable bonds is 4. The van der Waals surface area contributed by atoms with Crippen LogP contribution >= 0.6 is 0 Å². The quantitative estimate of drug-likeness (QED) is 0.870. The van der Waals surface area contributed by atoms with Crippen LogP contribution in [0.1, 0.15) is 34.6 Å². The molecule has 0 aliphatic carbocycles. The average molecular weight is 340 g/mol. The van der Waals surface area contributed by atoms with E-state index in [9.17, 15) is 18.8 Å². The summed E-state index contributed by atoms with van der Waals surface area (Å²) < 4.78 is 13.3. The molecule has 1 aliphatic heterocycles. The summed E-state index contributed by atoms with van der Waals surface area (Å²) in [6.07, 6.45) is 0. The van der Waals surface area contributed by atoms with Gasteiger partial charge in [0.05, 0.1) is 11.1 Å². The van der Waals surface area contributed by atoms with E-state index in [4.69, 9.17) is 0 Å². The molecule has 0 saturated carbocycles. The predicted octanol–water partition coefficient (Wildman–Crippen LogP) is 3.09. The molecule has 1 atom stereocenters. The number of fused-ring (bicyclic) bond motifs is 1. The lowest BCUT2D eigenvalue weighted by atomic mass is 10.0. The van der Waals surface area contributed by atoms with E-state index in [0.717, 1.165) is 4.90 Å². The third-order valence-corrected chi connectivity index (χ3v) is 4.10. The third-order valence-electron chi connectivity index (χ3n) is 4.10. The summed E-state index contributed by atoms with van der Waals surface area (Å²) in [7, 11) is 0. The molecule has 1 unspecified atom stereocenters. The third kappa shape index (κ3) is 3.03. The van der Waals surface area contributed by atoms with Gasteiger partial charge < -0.3 is 5.32 Å². The Morgan fingerprint density at radius 2 is 1.60 bits per heavy atom. The van der Waals surface area contributed by atoms with Crippen molar-refractivity contribution in [2.75, 3.05) is 5.32 Å². The number of carbonyl (C=O) groups is 3. The number of carbonyl (C=O) groups excluding carboxylic acids is 3. The Morgan fingerprint density at radius 3 is 2.12 bits per heavy atom. The Hall–Kier alpha value is -3.02. The molecule has 3 rings (SSSR count). The molecule has 0 saturated heterocycles. The first-order chi connectivity index (χ1) is 11.9. The number of amides is 3. The van der Waals surface area contributed by atoms with Gasteiger partial charge in [0.25, 0.3) is 11.8 Å². The molecular weight excluding hydrogens is 323 g/mol. The second kappa shape index (κ2) is 6.47. The SMILES string of the molecule is CC(C)C(C(=O)Nc1cccc(F)c1)N1C(=O)c2ccccc2C1=O. The summed E-state index contributed by atoms with van der Waals surface area (Å²) in [5.41, 5.74) is 0.848. The van der Waals surface area contributed by atoms with E-state index in [1.807, 2.05) is 0 Å². The average Bonchev–Trinajstić information content (AvgIpc) is 2.80. The lowest BCUT2D eigenvalue weighted by Crippen LogP contribution is -2.50. The lowest BCUT2D eigenvalue weighted by molar-refractivity contribution is -0.121. The minimum Gasteiger partial charge on any atom is -0.324 e. The highest BCUT2D eigenvalue weighted by Crippen LogP contribution is 2.27. The number of hydrogen-bond acceptors (Lipinski definition) is 3. The smallest absolute Gasteiger partial charge is 0.262 e. The molecular formula is C19H17FN2O3. The Bertz CT molecular complexity index is 828. The first kappa shape index (κ1) is 16.8. The van der Waals surface area contributed by atoms with E-state index in [-0.39, 0.29) is 22.7 Å². The van der Waals surface area contributed by atoms with Crippen molar-refractivity contribution in [1.82, 2.24) is 4.90 Å². The molecule has 1 aliphatic rings. The summed E-state index contributed by atoms with van der Waals surface area (Å²) in [5.74, 6) is -2.31. The molecule has 1 heterocycles. The molecule has 2 aromatic rings. The van der Waals surface area contributed by atoms with Crippen molar-refractivity contribution in [3.05, 3.63) is 65.5 Å². The molecule has 128 valence electrons. The van der Waals surface area contributed by atoms with Crippen LogP contribution in [-0.4, -0.2) is 28.7 Å². The van der Waals surface area contributed by atoms with E-state index in [0.29, 0.717) is 0 Å². The van der Waals surface area contributed by atoms with Crippen LogP contribution in [0, 0.1) is 11.7 Å². The topological polar surface area (TPSA) is 66.5 Å². The number of hydrogen-bond donors (Lipinski definition) is 1.